The highest BCUT2D eigenvalue weighted by molar-refractivity contribution is 5.60. The molecule has 0 aliphatic carbocycles. The van der Waals surface area contributed by atoms with Gasteiger partial charge in [-0.2, -0.15) is 0 Å². The summed E-state index contributed by atoms with van der Waals surface area (Å²) < 4.78 is 37.7. The first-order valence-electron chi connectivity index (χ1n) is 10.9. The molecular weight excluding hydrogens is 444 g/mol. The fourth-order valence-corrected chi connectivity index (χ4v) is 3.02. The Hall–Kier alpha value is -2.95. The summed E-state index contributed by atoms with van der Waals surface area (Å²) in [5, 5.41) is 10.5. The van der Waals surface area contributed by atoms with E-state index >= 15 is 0 Å². The highest BCUT2D eigenvalue weighted by Gasteiger charge is 2.35. The lowest BCUT2D eigenvalue weighted by Crippen LogP contribution is -2.43. The van der Waals surface area contributed by atoms with Gasteiger partial charge in [-0.05, 0) is 17.2 Å². The molecule has 3 rings (SSSR count). The van der Waals surface area contributed by atoms with E-state index in [9.17, 15) is 9.90 Å². The monoisotopic (exact) mass is 474 g/mol. The summed E-state index contributed by atoms with van der Waals surface area (Å²) in [5.41, 5.74) is 1.79. The van der Waals surface area contributed by atoms with Crippen LogP contribution in [0.2, 0.25) is 0 Å². The van der Waals surface area contributed by atoms with Gasteiger partial charge in [0.05, 0.1) is 26.4 Å². The van der Waals surface area contributed by atoms with Gasteiger partial charge in [-0.1, -0.05) is 60.7 Å². The Bertz CT molecular complexity index is 872. The first-order valence-corrected chi connectivity index (χ1v) is 10.9. The Morgan fingerprint density at radius 2 is 1.62 bits per heavy atom. The van der Waals surface area contributed by atoms with Gasteiger partial charge in [-0.25, -0.2) is 4.79 Å². The van der Waals surface area contributed by atoms with E-state index in [1.165, 1.54) is 6.08 Å². The van der Waals surface area contributed by atoms with Crippen LogP contribution in [0.4, 0.5) is 4.79 Å². The van der Waals surface area contributed by atoms with Gasteiger partial charge in [0.25, 0.3) is 6.29 Å². The van der Waals surface area contributed by atoms with Gasteiger partial charge in [0.2, 0.25) is 0 Å². The number of rotatable bonds is 13. The molecule has 0 bridgehead atoms. The summed E-state index contributed by atoms with van der Waals surface area (Å²) in [7, 11) is 1.56. The van der Waals surface area contributed by atoms with Crippen molar-refractivity contribution in [2.75, 3.05) is 33.7 Å². The second kappa shape index (κ2) is 14.3. The van der Waals surface area contributed by atoms with Crippen LogP contribution >= 0.6 is 0 Å². The second-order valence-corrected chi connectivity index (χ2v) is 7.37. The van der Waals surface area contributed by atoms with Gasteiger partial charge in [-0.3, -0.25) is 0 Å². The highest BCUT2D eigenvalue weighted by Crippen LogP contribution is 2.23. The van der Waals surface area contributed by atoms with E-state index in [0.29, 0.717) is 19.8 Å². The molecule has 9 heteroatoms. The van der Waals surface area contributed by atoms with Crippen LogP contribution in [-0.4, -0.2) is 63.5 Å². The molecule has 184 valence electrons. The van der Waals surface area contributed by atoms with Crippen LogP contribution < -0.4 is 0 Å². The van der Waals surface area contributed by atoms with Crippen LogP contribution in [0.1, 0.15) is 11.1 Å². The average Bonchev–Trinajstić information content (AvgIpc) is 2.86. The molecule has 0 unspecified atom stereocenters. The van der Waals surface area contributed by atoms with Crippen LogP contribution in [-0.2, 0) is 46.4 Å². The minimum atomic E-state index is -1.23. The number of benzene rings is 2. The topological polar surface area (TPSA) is 102 Å². The minimum absolute atomic E-state index is 0.0403. The Morgan fingerprint density at radius 3 is 2.29 bits per heavy atom. The fraction of sp³-hybridized carbons (Fsp3) is 0.400. The Morgan fingerprint density at radius 1 is 0.941 bits per heavy atom. The van der Waals surface area contributed by atoms with Gasteiger partial charge in [-0.15, -0.1) is 0 Å². The zero-order valence-electron chi connectivity index (χ0n) is 19.0. The van der Waals surface area contributed by atoms with E-state index in [-0.39, 0.29) is 25.8 Å². The predicted molar refractivity (Wildman–Crippen MR) is 120 cm³/mol. The third-order valence-electron chi connectivity index (χ3n) is 4.78. The number of carbonyl (C=O) groups excluding carboxylic acids is 1. The molecule has 0 radical (unpaired) electrons. The quantitative estimate of drug-likeness (QED) is 0.266. The average molecular weight is 475 g/mol. The molecule has 1 heterocycles. The molecule has 0 saturated heterocycles. The van der Waals surface area contributed by atoms with Crippen molar-refractivity contribution in [1.82, 2.24) is 0 Å². The molecule has 2 aromatic rings. The van der Waals surface area contributed by atoms with Crippen molar-refractivity contribution >= 4 is 6.16 Å². The lowest BCUT2D eigenvalue weighted by Gasteiger charge is -2.32. The Kier molecular flexibility index (Phi) is 10.8. The van der Waals surface area contributed by atoms with Crippen LogP contribution in [0, 0.1) is 0 Å². The zero-order chi connectivity index (χ0) is 24.0. The van der Waals surface area contributed by atoms with Crippen molar-refractivity contribution < 1.29 is 43.1 Å². The van der Waals surface area contributed by atoms with Crippen LogP contribution in [0.5, 0.6) is 0 Å². The van der Waals surface area contributed by atoms with Crippen molar-refractivity contribution in [3.8, 4) is 0 Å². The van der Waals surface area contributed by atoms with Gasteiger partial charge in [0.1, 0.15) is 18.8 Å². The SMILES string of the molecule is COCCOCOC1=C[C@@H](O)[C@@H](COCc2ccccc2)O[C@H]1OC(=O)OCc1ccccc1. The molecule has 1 N–H and O–H groups in total. The third kappa shape index (κ3) is 8.77. The standard InChI is InChI=1S/C25H30O9/c1-28-12-13-29-18-32-22-14-21(26)23(17-30-15-19-8-4-2-5-9-19)33-24(22)34-25(27)31-16-20-10-6-3-7-11-20/h2-11,14,21,23-24,26H,12-13,15-18H2,1H3/t21-,23-,24+/m1/s1. The maximum Gasteiger partial charge on any atom is 0.511 e. The molecule has 9 nitrogen and oxygen atoms in total. The lowest BCUT2D eigenvalue weighted by molar-refractivity contribution is -0.202. The van der Waals surface area contributed by atoms with Crippen LogP contribution in [0.3, 0.4) is 0 Å². The minimum Gasteiger partial charge on any atom is -0.465 e. The van der Waals surface area contributed by atoms with E-state index in [4.69, 9.17) is 33.2 Å². The number of carbonyl (C=O) groups is 1. The van der Waals surface area contributed by atoms with Crippen molar-refractivity contribution in [2.45, 2.75) is 31.7 Å². The molecule has 3 atom stereocenters. The van der Waals surface area contributed by atoms with Crippen molar-refractivity contribution in [3.05, 3.63) is 83.6 Å². The predicted octanol–water partition coefficient (Wildman–Crippen LogP) is 3.16. The number of aliphatic hydroxyl groups excluding tert-OH is 1. The summed E-state index contributed by atoms with van der Waals surface area (Å²) in [6.45, 7) is 1.03. The number of methoxy groups -OCH3 is 1. The summed E-state index contributed by atoms with van der Waals surface area (Å²) in [6, 6.07) is 18.8. The van der Waals surface area contributed by atoms with Gasteiger partial charge in [0, 0.05) is 7.11 Å². The molecule has 34 heavy (non-hydrogen) atoms. The second-order valence-electron chi connectivity index (χ2n) is 7.37. The van der Waals surface area contributed by atoms with Crippen molar-refractivity contribution in [1.29, 1.82) is 0 Å². The van der Waals surface area contributed by atoms with E-state index < -0.39 is 24.7 Å². The summed E-state index contributed by atoms with van der Waals surface area (Å²) >= 11 is 0. The first-order chi connectivity index (χ1) is 16.7. The lowest BCUT2D eigenvalue weighted by atomic mass is 10.1. The summed E-state index contributed by atoms with van der Waals surface area (Å²) in [6.07, 6.45) is -2.58. The van der Waals surface area contributed by atoms with Gasteiger partial charge in [0.15, 0.2) is 12.6 Å². The molecule has 0 aromatic heterocycles. The van der Waals surface area contributed by atoms with E-state index in [0.717, 1.165) is 11.1 Å². The Balaban J connectivity index is 1.55. The summed E-state index contributed by atoms with van der Waals surface area (Å²) in [4.78, 5) is 12.3. The zero-order valence-corrected chi connectivity index (χ0v) is 19.0. The molecule has 2 aromatic carbocycles. The molecule has 1 aliphatic rings. The maximum absolute atomic E-state index is 12.3. The van der Waals surface area contributed by atoms with Crippen LogP contribution in [0.25, 0.3) is 0 Å². The fourth-order valence-electron chi connectivity index (χ4n) is 3.02. The smallest absolute Gasteiger partial charge is 0.465 e. The van der Waals surface area contributed by atoms with E-state index in [1.807, 2.05) is 60.7 Å². The molecule has 0 fully saturated rings. The first kappa shape index (κ1) is 25.7. The Labute approximate surface area is 198 Å². The third-order valence-corrected chi connectivity index (χ3v) is 4.78. The van der Waals surface area contributed by atoms with Crippen LogP contribution in [0.15, 0.2) is 72.5 Å². The van der Waals surface area contributed by atoms with Crippen molar-refractivity contribution in [3.63, 3.8) is 0 Å². The number of ether oxygens (including phenoxy) is 7. The molecule has 1 aliphatic heterocycles. The van der Waals surface area contributed by atoms with Gasteiger partial charge < -0.3 is 38.3 Å². The highest BCUT2D eigenvalue weighted by atomic mass is 16.8. The number of aliphatic hydroxyl groups is 1. The molecule has 0 spiro atoms. The van der Waals surface area contributed by atoms with Gasteiger partial charge >= 0.3 is 6.16 Å². The number of hydrogen-bond acceptors (Lipinski definition) is 9. The summed E-state index contributed by atoms with van der Waals surface area (Å²) in [5.74, 6) is 0.0980. The normalized spacial score (nSPS) is 19.8. The van der Waals surface area contributed by atoms with Crippen molar-refractivity contribution in [2.24, 2.45) is 0 Å². The van der Waals surface area contributed by atoms with E-state index in [1.54, 1.807) is 7.11 Å². The largest absolute Gasteiger partial charge is 0.511 e. The maximum atomic E-state index is 12.3. The molecular formula is C25H30O9. The molecule has 0 saturated carbocycles. The molecule has 0 amide bonds. The van der Waals surface area contributed by atoms with E-state index in [2.05, 4.69) is 0 Å². The number of hydrogen-bond donors (Lipinski definition) is 1.